The van der Waals surface area contributed by atoms with Crippen molar-refractivity contribution in [3.8, 4) is 0 Å². The summed E-state index contributed by atoms with van der Waals surface area (Å²) >= 11 is 1.61. The Kier molecular flexibility index (Phi) is 2.04. The van der Waals surface area contributed by atoms with Gasteiger partial charge in [0.15, 0.2) is 5.17 Å². The first-order valence-electron chi connectivity index (χ1n) is 3.92. The maximum Gasteiger partial charge on any atom is 0.160 e. The van der Waals surface area contributed by atoms with Crippen molar-refractivity contribution in [3.05, 3.63) is 30.3 Å². The Hall–Kier alpha value is -0.960. The lowest BCUT2D eigenvalue weighted by Crippen LogP contribution is -2.22. The highest BCUT2D eigenvalue weighted by Gasteiger charge is 2.18. The zero-order valence-electron chi connectivity index (χ0n) is 6.66. The third-order valence-electron chi connectivity index (χ3n) is 1.87. The Bertz CT molecular complexity index is 284. The molecule has 0 radical (unpaired) electrons. The van der Waals surface area contributed by atoms with Gasteiger partial charge in [-0.25, -0.2) is 0 Å². The lowest BCUT2D eigenvalue weighted by atomic mass is 10.3. The van der Waals surface area contributed by atoms with E-state index >= 15 is 0 Å². The third-order valence-corrected chi connectivity index (χ3v) is 2.75. The Morgan fingerprint density at radius 2 is 2.00 bits per heavy atom. The van der Waals surface area contributed by atoms with Crippen molar-refractivity contribution in [2.24, 2.45) is 0 Å². The standard InChI is InChI=1S/C9H10N2S/c10-9-11(6-7-12-9)8-4-2-1-3-5-8/h1-5,10H,6-7H2. The molecule has 1 aromatic rings. The number of thioether (sulfide) groups is 1. The van der Waals surface area contributed by atoms with Crippen LogP contribution >= 0.6 is 11.8 Å². The zero-order chi connectivity index (χ0) is 8.39. The average Bonchev–Trinajstić information content (AvgIpc) is 2.53. The molecule has 1 heterocycles. The molecule has 0 atom stereocenters. The van der Waals surface area contributed by atoms with Crippen LogP contribution < -0.4 is 4.90 Å². The van der Waals surface area contributed by atoms with Gasteiger partial charge in [0, 0.05) is 18.0 Å². The van der Waals surface area contributed by atoms with Gasteiger partial charge in [-0.3, -0.25) is 5.41 Å². The first kappa shape index (κ1) is 7.68. The number of nitrogens with zero attached hydrogens (tertiary/aromatic N) is 1. The maximum absolute atomic E-state index is 7.63. The summed E-state index contributed by atoms with van der Waals surface area (Å²) in [5.41, 5.74) is 1.13. The van der Waals surface area contributed by atoms with Crippen LogP contribution in [-0.4, -0.2) is 17.5 Å². The highest BCUT2D eigenvalue weighted by molar-refractivity contribution is 8.14. The van der Waals surface area contributed by atoms with Crippen molar-refractivity contribution in [3.63, 3.8) is 0 Å². The van der Waals surface area contributed by atoms with Gasteiger partial charge in [-0.15, -0.1) is 0 Å². The molecular formula is C9H10N2S. The summed E-state index contributed by atoms with van der Waals surface area (Å²) in [5.74, 6) is 1.04. The number of hydrogen-bond donors (Lipinski definition) is 1. The predicted molar refractivity (Wildman–Crippen MR) is 54.0 cm³/mol. The van der Waals surface area contributed by atoms with E-state index in [1.165, 1.54) is 0 Å². The Morgan fingerprint density at radius 1 is 1.25 bits per heavy atom. The molecule has 0 spiro atoms. The number of rotatable bonds is 1. The Balaban J connectivity index is 2.25. The molecule has 1 N–H and O–H groups in total. The molecule has 0 unspecified atom stereocenters. The summed E-state index contributed by atoms with van der Waals surface area (Å²) in [6.45, 7) is 0.966. The SMILES string of the molecule is N=C1SCCN1c1ccccc1. The number of nitrogens with one attached hydrogen (secondary N) is 1. The second-order valence-electron chi connectivity index (χ2n) is 2.64. The highest BCUT2D eigenvalue weighted by atomic mass is 32.2. The second-order valence-corrected chi connectivity index (χ2v) is 3.72. The van der Waals surface area contributed by atoms with Gasteiger partial charge >= 0.3 is 0 Å². The van der Waals surface area contributed by atoms with Crippen molar-refractivity contribution in [2.75, 3.05) is 17.2 Å². The summed E-state index contributed by atoms with van der Waals surface area (Å²) in [6, 6.07) is 10.1. The van der Waals surface area contributed by atoms with Gasteiger partial charge in [-0.1, -0.05) is 30.0 Å². The van der Waals surface area contributed by atoms with E-state index in [0.29, 0.717) is 5.17 Å². The van der Waals surface area contributed by atoms with E-state index in [1.54, 1.807) is 11.8 Å². The molecule has 0 aromatic heterocycles. The monoisotopic (exact) mass is 178 g/mol. The first-order valence-corrected chi connectivity index (χ1v) is 4.90. The minimum atomic E-state index is 0.668. The van der Waals surface area contributed by atoms with Crippen LogP contribution in [0.1, 0.15) is 0 Å². The minimum Gasteiger partial charge on any atom is -0.321 e. The van der Waals surface area contributed by atoms with E-state index in [2.05, 4.69) is 0 Å². The molecule has 0 saturated carbocycles. The van der Waals surface area contributed by atoms with Crippen molar-refractivity contribution < 1.29 is 0 Å². The number of hydrogen-bond acceptors (Lipinski definition) is 2. The van der Waals surface area contributed by atoms with Gasteiger partial charge in [0.2, 0.25) is 0 Å². The average molecular weight is 178 g/mol. The summed E-state index contributed by atoms with van der Waals surface area (Å²) in [7, 11) is 0. The largest absolute Gasteiger partial charge is 0.321 e. The fourth-order valence-corrected chi connectivity index (χ4v) is 2.09. The molecular weight excluding hydrogens is 168 g/mol. The molecule has 1 aromatic carbocycles. The van der Waals surface area contributed by atoms with Gasteiger partial charge in [-0.05, 0) is 12.1 Å². The van der Waals surface area contributed by atoms with Crippen LogP contribution in [0.2, 0.25) is 0 Å². The Labute approximate surface area is 76.1 Å². The first-order chi connectivity index (χ1) is 5.88. The van der Waals surface area contributed by atoms with Crippen molar-refractivity contribution in [1.82, 2.24) is 0 Å². The van der Waals surface area contributed by atoms with Crippen LogP contribution in [0.25, 0.3) is 0 Å². The van der Waals surface area contributed by atoms with Crippen LogP contribution in [-0.2, 0) is 0 Å². The van der Waals surface area contributed by atoms with Gasteiger partial charge in [0.05, 0.1) is 0 Å². The van der Waals surface area contributed by atoms with Crippen molar-refractivity contribution in [2.45, 2.75) is 0 Å². The van der Waals surface area contributed by atoms with Crippen LogP contribution in [0.4, 0.5) is 5.69 Å². The molecule has 1 saturated heterocycles. The molecule has 1 aliphatic rings. The van der Waals surface area contributed by atoms with Gasteiger partial charge < -0.3 is 4.90 Å². The molecule has 1 aliphatic heterocycles. The second kappa shape index (κ2) is 3.19. The van der Waals surface area contributed by atoms with E-state index in [-0.39, 0.29) is 0 Å². The number of amidine groups is 1. The third kappa shape index (κ3) is 1.32. The molecule has 62 valence electrons. The van der Waals surface area contributed by atoms with Crippen LogP contribution in [0, 0.1) is 5.41 Å². The van der Waals surface area contributed by atoms with Crippen LogP contribution in [0.3, 0.4) is 0 Å². The highest BCUT2D eigenvalue weighted by Crippen LogP contribution is 2.23. The summed E-state index contributed by atoms with van der Waals surface area (Å²) in [4.78, 5) is 2.03. The normalized spacial score (nSPS) is 17.0. The minimum absolute atomic E-state index is 0.668. The molecule has 12 heavy (non-hydrogen) atoms. The van der Waals surface area contributed by atoms with Gasteiger partial charge in [0.25, 0.3) is 0 Å². The van der Waals surface area contributed by atoms with E-state index < -0.39 is 0 Å². The van der Waals surface area contributed by atoms with E-state index in [0.717, 1.165) is 18.0 Å². The van der Waals surface area contributed by atoms with Gasteiger partial charge in [0.1, 0.15) is 0 Å². The van der Waals surface area contributed by atoms with Gasteiger partial charge in [-0.2, -0.15) is 0 Å². The number of benzene rings is 1. The molecule has 0 aliphatic carbocycles. The fraction of sp³-hybridized carbons (Fsp3) is 0.222. The predicted octanol–water partition coefficient (Wildman–Crippen LogP) is 2.17. The molecule has 2 rings (SSSR count). The zero-order valence-corrected chi connectivity index (χ0v) is 7.47. The maximum atomic E-state index is 7.63. The van der Waals surface area contributed by atoms with E-state index in [9.17, 15) is 0 Å². The number of anilines is 1. The van der Waals surface area contributed by atoms with Crippen molar-refractivity contribution in [1.29, 1.82) is 5.41 Å². The topological polar surface area (TPSA) is 27.1 Å². The quantitative estimate of drug-likeness (QED) is 0.713. The Morgan fingerprint density at radius 3 is 2.58 bits per heavy atom. The van der Waals surface area contributed by atoms with Crippen LogP contribution in [0.15, 0.2) is 30.3 Å². The van der Waals surface area contributed by atoms with Crippen LogP contribution in [0.5, 0.6) is 0 Å². The van der Waals surface area contributed by atoms with E-state index in [1.807, 2.05) is 35.2 Å². The molecule has 2 nitrogen and oxygen atoms in total. The molecule has 0 amide bonds. The molecule has 1 fully saturated rings. The lowest BCUT2D eigenvalue weighted by molar-refractivity contribution is 1.10. The molecule has 3 heteroatoms. The molecule has 0 bridgehead atoms. The summed E-state index contributed by atoms with van der Waals surface area (Å²) in [6.07, 6.45) is 0. The number of para-hydroxylation sites is 1. The fourth-order valence-electron chi connectivity index (χ4n) is 1.27. The summed E-state index contributed by atoms with van der Waals surface area (Å²) < 4.78 is 0. The van der Waals surface area contributed by atoms with Crippen molar-refractivity contribution >= 4 is 22.6 Å². The lowest BCUT2D eigenvalue weighted by Gasteiger charge is -2.15. The summed E-state index contributed by atoms with van der Waals surface area (Å²) in [5, 5.41) is 8.30. The smallest absolute Gasteiger partial charge is 0.160 e. The van der Waals surface area contributed by atoms with E-state index in [4.69, 9.17) is 5.41 Å².